The van der Waals surface area contributed by atoms with E-state index < -0.39 is 10.0 Å². The summed E-state index contributed by atoms with van der Waals surface area (Å²) in [5, 5.41) is 0.0773. The second-order valence-electron chi connectivity index (χ2n) is 6.42. The van der Waals surface area contributed by atoms with Gasteiger partial charge >= 0.3 is 0 Å². The van der Waals surface area contributed by atoms with E-state index in [4.69, 9.17) is 4.98 Å². The minimum Gasteiger partial charge on any atom is -0.339 e. The van der Waals surface area contributed by atoms with Gasteiger partial charge in [0.25, 0.3) is 10.0 Å². The molecule has 0 aliphatic carbocycles. The minimum atomic E-state index is -3.65. The molecule has 1 fully saturated rings. The first-order chi connectivity index (χ1) is 12.5. The largest absolute Gasteiger partial charge is 0.339 e. The van der Waals surface area contributed by atoms with Gasteiger partial charge in [-0.2, -0.15) is 4.31 Å². The maximum atomic E-state index is 13.0. The lowest BCUT2D eigenvalue weighted by Crippen LogP contribution is -2.31. The van der Waals surface area contributed by atoms with Crippen molar-refractivity contribution in [1.82, 2.24) is 28.4 Å². The molecule has 4 heterocycles. The highest BCUT2D eigenvalue weighted by molar-refractivity contribution is 7.89. The predicted octanol–water partition coefficient (Wildman–Crippen LogP) is 1.84. The molecule has 3 aromatic rings. The van der Waals surface area contributed by atoms with Crippen LogP contribution in [-0.2, 0) is 17.1 Å². The van der Waals surface area contributed by atoms with Gasteiger partial charge in [0.2, 0.25) is 0 Å². The van der Waals surface area contributed by atoms with Crippen LogP contribution in [-0.4, -0.2) is 43.4 Å². The van der Waals surface area contributed by atoms with Gasteiger partial charge in [-0.15, -0.1) is 0 Å². The van der Waals surface area contributed by atoms with Crippen molar-refractivity contribution in [3.63, 3.8) is 0 Å². The van der Waals surface area contributed by atoms with Crippen molar-refractivity contribution in [2.24, 2.45) is 7.05 Å². The molecule has 1 atom stereocenters. The van der Waals surface area contributed by atoms with Crippen LogP contribution >= 0.6 is 0 Å². The molecule has 9 heteroatoms. The Labute approximate surface area is 152 Å². The third kappa shape index (κ3) is 2.82. The van der Waals surface area contributed by atoms with Crippen LogP contribution < -0.4 is 0 Å². The highest BCUT2D eigenvalue weighted by atomic mass is 32.2. The average molecular weight is 372 g/mol. The van der Waals surface area contributed by atoms with E-state index in [1.807, 2.05) is 35.9 Å². The molecule has 0 spiro atoms. The molecule has 0 bridgehead atoms. The quantitative estimate of drug-likeness (QED) is 0.697. The fraction of sp³-hybridized carbons (Fsp3) is 0.353. The van der Waals surface area contributed by atoms with Crippen molar-refractivity contribution in [1.29, 1.82) is 0 Å². The van der Waals surface area contributed by atoms with Gasteiger partial charge in [0, 0.05) is 32.2 Å². The minimum absolute atomic E-state index is 0.0773. The van der Waals surface area contributed by atoms with Crippen LogP contribution in [0, 0.1) is 6.92 Å². The first kappa shape index (κ1) is 16.9. The summed E-state index contributed by atoms with van der Waals surface area (Å²) in [6.45, 7) is 2.38. The van der Waals surface area contributed by atoms with Gasteiger partial charge in [-0.05, 0) is 31.9 Å². The Bertz CT molecular complexity index is 1040. The van der Waals surface area contributed by atoms with Crippen molar-refractivity contribution in [2.75, 3.05) is 6.54 Å². The van der Waals surface area contributed by atoms with E-state index in [-0.39, 0.29) is 11.1 Å². The third-order valence-electron chi connectivity index (χ3n) is 4.63. The van der Waals surface area contributed by atoms with Gasteiger partial charge in [0.05, 0.1) is 18.1 Å². The van der Waals surface area contributed by atoms with Crippen LogP contribution in [0.5, 0.6) is 0 Å². The summed E-state index contributed by atoms with van der Waals surface area (Å²) in [4.78, 5) is 13.0. The zero-order valence-electron chi connectivity index (χ0n) is 14.6. The Kier molecular flexibility index (Phi) is 4.12. The molecule has 26 heavy (non-hydrogen) atoms. The number of imidazole rings is 2. The van der Waals surface area contributed by atoms with E-state index in [2.05, 4.69) is 9.97 Å². The number of hydrogen-bond acceptors (Lipinski definition) is 5. The SMILES string of the molecule is Cc1nccn1-c1cccc([C@H]2CCCN2S(=O)(=O)c2cn(C)cn2)n1. The van der Waals surface area contributed by atoms with Crippen LogP contribution in [0.15, 0.2) is 48.1 Å². The van der Waals surface area contributed by atoms with Crippen LogP contribution in [0.25, 0.3) is 5.82 Å². The predicted molar refractivity (Wildman–Crippen MR) is 95.2 cm³/mol. The monoisotopic (exact) mass is 372 g/mol. The van der Waals surface area contributed by atoms with E-state index in [1.165, 1.54) is 16.8 Å². The zero-order chi connectivity index (χ0) is 18.3. The topological polar surface area (TPSA) is 85.9 Å². The summed E-state index contributed by atoms with van der Waals surface area (Å²) in [5.41, 5.74) is 0.743. The van der Waals surface area contributed by atoms with Crippen molar-refractivity contribution in [3.05, 3.63) is 54.6 Å². The number of aryl methyl sites for hydroxylation is 2. The van der Waals surface area contributed by atoms with Crippen LogP contribution in [0.1, 0.15) is 30.4 Å². The van der Waals surface area contributed by atoms with Gasteiger partial charge < -0.3 is 4.57 Å². The molecule has 0 unspecified atom stereocenters. The van der Waals surface area contributed by atoms with Crippen molar-refractivity contribution in [2.45, 2.75) is 30.8 Å². The molecule has 0 aromatic carbocycles. The lowest BCUT2D eigenvalue weighted by Gasteiger charge is -2.23. The van der Waals surface area contributed by atoms with Crippen molar-refractivity contribution in [3.8, 4) is 5.82 Å². The number of sulfonamides is 1. The second kappa shape index (κ2) is 6.33. The van der Waals surface area contributed by atoms with Crippen molar-refractivity contribution < 1.29 is 8.42 Å². The normalized spacial score (nSPS) is 18.5. The summed E-state index contributed by atoms with van der Waals surface area (Å²) >= 11 is 0. The average Bonchev–Trinajstić information content (AvgIpc) is 3.35. The molecule has 136 valence electrons. The zero-order valence-corrected chi connectivity index (χ0v) is 15.5. The van der Waals surface area contributed by atoms with Crippen molar-refractivity contribution >= 4 is 10.0 Å². The summed E-state index contributed by atoms with van der Waals surface area (Å²) in [5.74, 6) is 1.57. The van der Waals surface area contributed by atoms with Gasteiger partial charge in [-0.25, -0.2) is 23.4 Å². The molecule has 0 N–H and O–H groups in total. The van der Waals surface area contributed by atoms with E-state index in [9.17, 15) is 8.42 Å². The molecule has 0 amide bonds. The second-order valence-corrected chi connectivity index (χ2v) is 8.25. The molecule has 8 nitrogen and oxygen atoms in total. The Morgan fingerprint density at radius 3 is 2.77 bits per heavy atom. The van der Waals surface area contributed by atoms with Gasteiger partial charge in [-0.1, -0.05) is 6.07 Å². The fourth-order valence-electron chi connectivity index (χ4n) is 3.34. The highest BCUT2D eigenvalue weighted by Crippen LogP contribution is 2.35. The number of hydrogen-bond donors (Lipinski definition) is 0. The molecule has 3 aromatic heterocycles. The number of aromatic nitrogens is 5. The standard InChI is InChI=1S/C17H20N6O2S/c1-13-18-8-10-22(13)16-7-3-5-14(20-16)15-6-4-9-23(15)26(24,25)17-11-21(2)12-19-17/h3,5,7-8,10-12,15H,4,6,9H2,1-2H3/t15-/m1/s1. The molecule has 4 rings (SSSR count). The summed E-state index contributed by atoms with van der Waals surface area (Å²) in [6, 6.07) is 5.39. The third-order valence-corrected chi connectivity index (χ3v) is 6.42. The van der Waals surface area contributed by atoms with E-state index >= 15 is 0 Å². The van der Waals surface area contributed by atoms with Gasteiger partial charge in [-0.3, -0.25) is 4.57 Å². The van der Waals surface area contributed by atoms with E-state index in [1.54, 1.807) is 17.8 Å². The highest BCUT2D eigenvalue weighted by Gasteiger charge is 2.38. The molecular weight excluding hydrogens is 352 g/mol. The summed E-state index contributed by atoms with van der Waals surface area (Å²) in [7, 11) is -1.89. The van der Waals surface area contributed by atoms with Crippen LogP contribution in [0.4, 0.5) is 0 Å². The lowest BCUT2D eigenvalue weighted by atomic mass is 10.1. The Hall–Kier alpha value is -2.52. The van der Waals surface area contributed by atoms with Crippen LogP contribution in [0.3, 0.4) is 0 Å². The lowest BCUT2D eigenvalue weighted by molar-refractivity contribution is 0.388. The molecule has 0 radical (unpaired) electrons. The Balaban J connectivity index is 1.70. The first-order valence-electron chi connectivity index (χ1n) is 8.44. The fourth-order valence-corrected chi connectivity index (χ4v) is 4.98. The first-order valence-corrected chi connectivity index (χ1v) is 9.88. The summed E-state index contributed by atoms with van der Waals surface area (Å²) < 4.78 is 31.1. The maximum absolute atomic E-state index is 13.0. The molecule has 0 saturated carbocycles. The molecular formula is C17H20N6O2S. The van der Waals surface area contributed by atoms with E-state index in [0.717, 1.165) is 30.2 Å². The smallest absolute Gasteiger partial charge is 0.262 e. The molecule has 1 aliphatic heterocycles. The van der Waals surface area contributed by atoms with Crippen LogP contribution in [0.2, 0.25) is 0 Å². The Morgan fingerprint density at radius 1 is 1.23 bits per heavy atom. The number of rotatable bonds is 4. The van der Waals surface area contributed by atoms with E-state index in [0.29, 0.717) is 6.54 Å². The summed E-state index contributed by atoms with van der Waals surface area (Å²) in [6.07, 6.45) is 8.13. The molecule has 1 saturated heterocycles. The maximum Gasteiger partial charge on any atom is 0.262 e. The number of nitrogens with zero attached hydrogens (tertiary/aromatic N) is 6. The van der Waals surface area contributed by atoms with Gasteiger partial charge in [0.15, 0.2) is 5.03 Å². The Morgan fingerprint density at radius 2 is 2.08 bits per heavy atom. The van der Waals surface area contributed by atoms with Gasteiger partial charge in [0.1, 0.15) is 11.6 Å². The number of pyridine rings is 1. The molecule has 1 aliphatic rings.